The number of aliphatic hydroxyl groups is 2. The number of benzene rings is 1. The van der Waals surface area contributed by atoms with E-state index >= 15 is 0 Å². The second-order valence-corrected chi connectivity index (χ2v) is 12.0. The Morgan fingerprint density at radius 1 is 1.09 bits per heavy atom. The van der Waals surface area contributed by atoms with E-state index in [1.54, 1.807) is 0 Å². The molecule has 3 saturated carbocycles. The Balaban J connectivity index is 1.29. The van der Waals surface area contributed by atoms with Gasteiger partial charge in [0.2, 0.25) is 0 Å². The molecule has 3 fully saturated rings. The standard InChI is InChI=1S/C29H41NO3/c1-18(26(32)19-7-5-4-6-8-19)30-17-20-15-25-23-10-9-21-16-22(31)11-13-28(21,2)24(23)12-14-29(25,3)27(20)33/h4-9,18,20,22-26,30-32H,10-17H2,1-3H3. The number of fused-ring (bicyclic) bond motifs is 5. The molecule has 4 nitrogen and oxygen atoms in total. The highest BCUT2D eigenvalue weighted by Crippen LogP contribution is 2.64. The van der Waals surface area contributed by atoms with E-state index in [-0.39, 0.29) is 28.9 Å². The SMILES string of the molecule is CC(NCC1CC2C3CC=C4CC(O)CCC4(C)C3CCC2(C)C1=O)C(O)c1ccccc1. The Morgan fingerprint density at radius 3 is 2.58 bits per heavy atom. The summed E-state index contributed by atoms with van der Waals surface area (Å²) in [6, 6.07) is 9.66. The molecule has 3 N–H and O–H groups in total. The first-order valence-electron chi connectivity index (χ1n) is 13.1. The lowest BCUT2D eigenvalue weighted by Crippen LogP contribution is -2.50. The first-order chi connectivity index (χ1) is 15.7. The van der Waals surface area contributed by atoms with Crippen LogP contribution in [0.25, 0.3) is 0 Å². The average molecular weight is 452 g/mol. The van der Waals surface area contributed by atoms with Gasteiger partial charge in [0.15, 0.2) is 0 Å². The van der Waals surface area contributed by atoms with Gasteiger partial charge in [-0.15, -0.1) is 0 Å². The van der Waals surface area contributed by atoms with Crippen LogP contribution in [0.15, 0.2) is 42.0 Å². The summed E-state index contributed by atoms with van der Waals surface area (Å²) >= 11 is 0. The summed E-state index contributed by atoms with van der Waals surface area (Å²) in [6.45, 7) is 7.34. The molecule has 0 amide bonds. The second kappa shape index (κ2) is 8.62. The summed E-state index contributed by atoms with van der Waals surface area (Å²) in [4.78, 5) is 13.6. The molecule has 0 aromatic heterocycles. The number of hydrogen-bond acceptors (Lipinski definition) is 4. The Bertz CT molecular complexity index is 913. The minimum absolute atomic E-state index is 0.0375. The third-order valence-corrected chi connectivity index (χ3v) is 10.2. The highest BCUT2D eigenvalue weighted by Gasteiger charge is 2.60. The number of carbonyl (C=O) groups excluding carboxylic acids is 1. The Labute approximate surface area is 198 Å². The Hall–Kier alpha value is -1.49. The van der Waals surface area contributed by atoms with Gasteiger partial charge in [0.05, 0.1) is 12.2 Å². The molecule has 5 rings (SSSR count). The van der Waals surface area contributed by atoms with Gasteiger partial charge in [0.25, 0.3) is 0 Å². The van der Waals surface area contributed by atoms with Gasteiger partial charge < -0.3 is 15.5 Å². The lowest BCUT2D eigenvalue weighted by molar-refractivity contribution is -0.134. The van der Waals surface area contributed by atoms with E-state index in [4.69, 9.17) is 0 Å². The van der Waals surface area contributed by atoms with E-state index in [9.17, 15) is 15.0 Å². The van der Waals surface area contributed by atoms with Gasteiger partial charge in [0, 0.05) is 23.9 Å². The predicted octanol–water partition coefficient (Wildman–Crippen LogP) is 4.82. The van der Waals surface area contributed by atoms with E-state index in [1.807, 2.05) is 37.3 Å². The van der Waals surface area contributed by atoms with Crippen LogP contribution >= 0.6 is 0 Å². The fourth-order valence-electron chi connectivity index (χ4n) is 8.14. The molecular weight excluding hydrogens is 410 g/mol. The second-order valence-electron chi connectivity index (χ2n) is 12.0. The number of ketones is 1. The number of hydrogen-bond donors (Lipinski definition) is 3. The molecule has 1 aromatic rings. The highest BCUT2D eigenvalue weighted by molar-refractivity contribution is 5.89. The van der Waals surface area contributed by atoms with E-state index < -0.39 is 6.10 Å². The van der Waals surface area contributed by atoms with Crippen molar-refractivity contribution in [1.29, 1.82) is 0 Å². The van der Waals surface area contributed by atoms with Crippen LogP contribution in [0.2, 0.25) is 0 Å². The van der Waals surface area contributed by atoms with Crippen LogP contribution in [-0.4, -0.2) is 34.7 Å². The summed E-state index contributed by atoms with van der Waals surface area (Å²) in [6.07, 6.45) is 8.69. The summed E-state index contributed by atoms with van der Waals surface area (Å²) in [5.74, 6) is 2.15. The molecule has 0 bridgehead atoms. The largest absolute Gasteiger partial charge is 0.393 e. The lowest BCUT2D eigenvalue weighted by atomic mass is 9.48. The van der Waals surface area contributed by atoms with Gasteiger partial charge in [-0.05, 0) is 80.6 Å². The van der Waals surface area contributed by atoms with Crippen LogP contribution in [0.1, 0.15) is 77.4 Å². The maximum Gasteiger partial charge on any atom is 0.143 e. The zero-order valence-electron chi connectivity index (χ0n) is 20.5. The molecule has 33 heavy (non-hydrogen) atoms. The molecule has 9 unspecified atom stereocenters. The highest BCUT2D eigenvalue weighted by atomic mass is 16.3. The fraction of sp³-hybridized carbons (Fsp3) is 0.690. The van der Waals surface area contributed by atoms with Crippen LogP contribution in [0.4, 0.5) is 0 Å². The minimum Gasteiger partial charge on any atom is -0.393 e. The van der Waals surface area contributed by atoms with Crippen molar-refractivity contribution in [2.24, 2.45) is 34.5 Å². The van der Waals surface area contributed by atoms with E-state index in [0.29, 0.717) is 30.1 Å². The van der Waals surface area contributed by atoms with Gasteiger partial charge in [0.1, 0.15) is 5.78 Å². The average Bonchev–Trinajstić information content (AvgIpc) is 3.08. The number of nitrogens with one attached hydrogen (secondary N) is 1. The zero-order valence-corrected chi connectivity index (χ0v) is 20.5. The van der Waals surface area contributed by atoms with Crippen LogP contribution in [0, 0.1) is 34.5 Å². The summed E-state index contributed by atoms with van der Waals surface area (Å²) in [7, 11) is 0. The van der Waals surface area contributed by atoms with E-state index in [2.05, 4.69) is 25.2 Å². The molecule has 0 aliphatic heterocycles. The lowest BCUT2D eigenvalue weighted by Gasteiger charge is -2.56. The monoisotopic (exact) mass is 451 g/mol. The molecule has 4 aliphatic carbocycles. The molecule has 4 heteroatoms. The van der Waals surface area contributed by atoms with E-state index in [0.717, 1.165) is 50.5 Å². The molecular formula is C29H41NO3. The molecule has 0 heterocycles. The molecule has 0 spiro atoms. The van der Waals surface area contributed by atoms with E-state index in [1.165, 1.54) is 5.57 Å². The first-order valence-corrected chi connectivity index (χ1v) is 13.1. The zero-order chi connectivity index (χ0) is 23.4. The number of allylic oxidation sites excluding steroid dienone is 1. The number of carbonyl (C=O) groups is 1. The Morgan fingerprint density at radius 2 is 1.82 bits per heavy atom. The molecule has 180 valence electrons. The summed E-state index contributed by atoms with van der Waals surface area (Å²) < 4.78 is 0. The normalized spacial score (nSPS) is 42.0. The van der Waals surface area contributed by atoms with Gasteiger partial charge in [-0.25, -0.2) is 0 Å². The van der Waals surface area contributed by atoms with Gasteiger partial charge in [-0.3, -0.25) is 4.79 Å². The number of aliphatic hydroxyl groups excluding tert-OH is 2. The van der Waals surface area contributed by atoms with Crippen LogP contribution in [0.5, 0.6) is 0 Å². The van der Waals surface area contributed by atoms with Crippen molar-refractivity contribution in [3.8, 4) is 0 Å². The smallest absolute Gasteiger partial charge is 0.143 e. The maximum atomic E-state index is 13.6. The maximum absolute atomic E-state index is 13.6. The van der Waals surface area contributed by atoms with Gasteiger partial charge in [-0.2, -0.15) is 0 Å². The Kier molecular flexibility index (Phi) is 6.08. The number of rotatable bonds is 5. The molecule has 0 saturated heterocycles. The summed E-state index contributed by atoms with van der Waals surface area (Å²) in [5.41, 5.74) is 2.40. The van der Waals surface area contributed by atoms with Crippen molar-refractivity contribution in [3.05, 3.63) is 47.5 Å². The molecule has 1 aromatic carbocycles. The topological polar surface area (TPSA) is 69.6 Å². The predicted molar refractivity (Wildman–Crippen MR) is 130 cm³/mol. The third kappa shape index (κ3) is 3.83. The van der Waals surface area contributed by atoms with Crippen molar-refractivity contribution in [3.63, 3.8) is 0 Å². The third-order valence-electron chi connectivity index (χ3n) is 10.2. The molecule has 4 aliphatic rings. The quantitative estimate of drug-likeness (QED) is 0.562. The van der Waals surface area contributed by atoms with Crippen molar-refractivity contribution >= 4 is 5.78 Å². The minimum atomic E-state index is -0.576. The van der Waals surface area contributed by atoms with Crippen molar-refractivity contribution in [1.82, 2.24) is 5.32 Å². The van der Waals surface area contributed by atoms with Crippen molar-refractivity contribution < 1.29 is 15.0 Å². The van der Waals surface area contributed by atoms with Crippen molar-refractivity contribution in [2.45, 2.75) is 84.0 Å². The van der Waals surface area contributed by atoms with Gasteiger partial charge in [-0.1, -0.05) is 55.8 Å². The van der Waals surface area contributed by atoms with Crippen LogP contribution in [-0.2, 0) is 4.79 Å². The van der Waals surface area contributed by atoms with Crippen LogP contribution < -0.4 is 5.32 Å². The van der Waals surface area contributed by atoms with Crippen LogP contribution in [0.3, 0.4) is 0 Å². The molecule has 9 atom stereocenters. The fourth-order valence-corrected chi connectivity index (χ4v) is 8.14. The first kappa shape index (κ1) is 23.3. The summed E-state index contributed by atoms with van der Waals surface area (Å²) in [5, 5.41) is 24.4. The van der Waals surface area contributed by atoms with Gasteiger partial charge >= 0.3 is 0 Å². The van der Waals surface area contributed by atoms with Crippen molar-refractivity contribution in [2.75, 3.05) is 6.54 Å². The number of Topliss-reactive ketones (excluding diaryl/α,β-unsaturated/α-hetero) is 1. The molecule has 0 radical (unpaired) electrons.